The molecule has 1 atom stereocenters. The average molecular weight is 269 g/mol. The van der Waals surface area contributed by atoms with Gasteiger partial charge in [0.1, 0.15) is 5.15 Å². The van der Waals surface area contributed by atoms with E-state index in [4.69, 9.17) is 16.7 Å². The number of carbonyl (C=O) groups is 2. The summed E-state index contributed by atoms with van der Waals surface area (Å²) in [5.41, 5.74) is 0.324. The first-order valence-corrected chi connectivity index (χ1v) is 6.10. The third-order valence-corrected chi connectivity index (χ3v) is 3.35. The van der Waals surface area contributed by atoms with Crippen LogP contribution in [0.25, 0.3) is 0 Å². The minimum atomic E-state index is -0.857. The maximum absolute atomic E-state index is 12.2. The summed E-state index contributed by atoms with van der Waals surface area (Å²) in [7, 11) is 0. The highest BCUT2D eigenvalue weighted by Gasteiger charge is 2.29. The molecule has 0 spiro atoms. The predicted octanol–water partition coefficient (Wildman–Crippen LogP) is 1.67. The Morgan fingerprint density at radius 1 is 1.50 bits per heavy atom. The van der Waals surface area contributed by atoms with Gasteiger partial charge in [0.05, 0.1) is 11.5 Å². The number of amides is 1. The van der Waals surface area contributed by atoms with Crippen LogP contribution in [0.2, 0.25) is 5.15 Å². The summed E-state index contributed by atoms with van der Waals surface area (Å²) < 4.78 is 0. The van der Waals surface area contributed by atoms with Crippen molar-refractivity contribution < 1.29 is 14.7 Å². The highest BCUT2D eigenvalue weighted by molar-refractivity contribution is 6.32. The van der Waals surface area contributed by atoms with Gasteiger partial charge in [-0.1, -0.05) is 11.6 Å². The van der Waals surface area contributed by atoms with Crippen LogP contribution in [0.15, 0.2) is 18.3 Å². The molecule has 6 heteroatoms. The van der Waals surface area contributed by atoms with Crippen LogP contribution in [-0.2, 0) is 4.79 Å². The van der Waals surface area contributed by atoms with Gasteiger partial charge in [-0.05, 0) is 25.0 Å². The third kappa shape index (κ3) is 2.61. The first kappa shape index (κ1) is 12.8. The molecule has 0 bridgehead atoms. The van der Waals surface area contributed by atoms with E-state index in [2.05, 4.69) is 4.98 Å². The number of carbonyl (C=O) groups excluding carboxylic acids is 1. The topological polar surface area (TPSA) is 70.5 Å². The Morgan fingerprint density at radius 2 is 2.28 bits per heavy atom. The molecule has 1 fully saturated rings. The van der Waals surface area contributed by atoms with Crippen molar-refractivity contribution in [2.24, 2.45) is 5.92 Å². The van der Waals surface area contributed by atoms with Gasteiger partial charge < -0.3 is 10.0 Å². The van der Waals surface area contributed by atoms with Gasteiger partial charge in [0, 0.05) is 19.3 Å². The van der Waals surface area contributed by atoms with Crippen LogP contribution in [0, 0.1) is 5.92 Å². The zero-order valence-electron chi connectivity index (χ0n) is 9.67. The van der Waals surface area contributed by atoms with Crippen LogP contribution in [-0.4, -0.2) is 40.0 Å². The number of carboxylic acid groups (broad SMARTS) is 1. The molecule has 1 aromatic heterocycles. The van der Waals surface area contributed by atoms with Crippen molar-refractivity contribution in [1.29, 1.82) is 0 Å². The molecule has 0 radical (unpaired) electrons. The van der Waals surface area contributed by atoms with Gasteiger partial charge in [-0.2, -0.15) is 0 Å². The number of aromatic nitrogens is 1. The fourth-order valence-electron chi connectivity index (χ4n) is 2.08. The fourth-order valence-corrected chi connectivity index (χ4v) is 2.28. The summed E-state index contributed by atoms with van der Waals surface area (Å²) in [4.78, 5) is 28.5. The third-order valence-electron chi connectivity index (χ3n) is 3.05. The first-order chi connectivity index (χ1) is 8.59. The van der Waals surface area contributed by atoms with Gasteiger partial charge in [-0.25, -0.2) is 4.98 Å². The fraction of sp³-hybridized carbons (Fsp3) is 0.417. The van der Waals surface area contributed by atoms with Crippen molar-refractivity contribution in [3.63, 3.8) is 0 Å². The number of pyridine rings is 1. The average Bonchev–Trinajstić information content (AvgIpc) is 2.38. The minimum absolute atomic E-state index is 0.153. The number of carboxylic acids is 1. The van der Waals surface area contributed by atoms with Gasteiger partial charge in [-0.15, -0.1) is 0 Å². The summed E-state index contributed by atoms with van der Waals surface area (Å²) in [5.74, 6) is -1.60. The van der Waals surface area contributed by atoms with Crippen molar-refractivity contribution in [1.82, 2.24) is 9.88 Å². The quantitative estimate of drug-likeness (QED) is 0.829. The molecule has 1 saturated heterocycles. The summed E-state index contributed by atoms with van der Waals surface area (Å²) >= 11 is 5.86. The number of halogens is 1. The molecule has 0 unspecified atom stereocenters. The Balaban J connectivity index is 2.14. The van der Waals surface area contributed by atoms with Crippen LogP contribution in [0.4, 0.5) is 0 Å². The summed E-state index contributed by atoms with van der Waals surface area (Å²) in [6.07, 6.45) is 2.82. The van der Waals surface area contributed by atoms with Crippen LogP contribution in [0.1, 0.15) is 23.2 Å². The van der Waals surface area contributed by atoms with Crippen LogP contribution >= 0.6 is 11.6 Å². The lowest BCUT2D eigenvalue weighted by molar-refractivity contribution is -0.143. The van der Waals surface area contributed by atoms with E-state index in [-0.39, 0.29) is 17.6 Å². The lowest BCUT2D eigenvalue weighted by Crippen LogP contribution is -2.42. The van der Waals surface area contributed by atoms with Crippen molar-refractivity contribution >= 4 is 23.5 Å². The Bertz CT molecular complexity index is 478. The highest BCUT2D eigenvalue weighted by atomic mass is 35.5. The van der Waals surface area contributed by atoms with Crippen molar-refractivity contribution in [3.05, 3.63) is 29.0 Å². The minimum Gasteiger partial charge on any atom is -0.481 e. The number of aliphatic carboxylic acids is 1. The molecule has 2 rings (SSSR count). The van der Waals surface area contributed by atoms with Gasteiger partial charge in [0.25, 0.3) is 5.91 Å². The van der Waals surface area contributed by atoms with Gasteiger partial charge in [0.2, 0.25) is 0 Å². The number of rotatable bonds is 2. The summed E-state index contributed by atoms with van der Waals surface area (Å²) in [6, 6.07) is 3.24. The van der Waals surface area contributed by atoms with Crippen LogP contribution < -0.4 is 0 Å². The van der Waals surface area contributed by atoms with E-state index < -0.39 is 11.9 Å². The zero-order chi connectivity index (χ0) is 13.1. The van der Waals surface area contributed by atoms with E-state index in [9.17, 15) is 9.59 Å². The SMILES string of the molecule is O=C(O)[C@H]1CCCN(C(=O)c2cccnc2Cl)C1. The molecule has 18 heavy (non-hydrogen) atoms. The molecule has 0 aliphatic carbocycles. The van der Waals surface area contributed by atoms with Crippen molar-refractivity contribution in [3.8, 4) is 0 Å². The second-order valence-corrected chi connectivity index (χ2v) is 4.63. The lowest BCUT2D eigenvalue weighted by Gasteiger charge is -2.30. The number of nitrogens with zero attached hydrogens (tertiary/aromatic N) is 2. The molecule has 0 saturated carbocycles. The van der Waals surface area contributed by atoms with Gasteiger partial charge in [0.15, 0.2) is 0 Å². The van der Waals surface area contributed by atoms with Gasteiger partial charge in [-0.3, -0.25) is 9.59 Å². The van der Waals surface area contributed by atoms with E-state index in [1.165, 1.54) is 11.1 Å². The maximum atomic E-state index is 12.2. The molecular formula is C12H13ClN2O3. The Morgan fingerprint density at radius 3 is 2.94 bits per heavy atom. The molecule has 96 valence electrons. The molecular weight excluding hydrogens is 256 g/mol. The van der Waals surface area contributed by atoms with Gasteiger partial charge >= 0.3 is 5.97 Å². The molecule has 1 aliphatic heterocycles. The highest BCUT2D eigenvalue weighted by Crippen LogP contribution is 2.21. The van der Waals surface area contributed by atoms with E-state index in [0.29, 0.717) is 24.9 Å². The van der Waals surface area contributed by atoms with E-state index >= 15 is 0 Å². The second-order valence-electron chi connectivity index (χ2n) is 4.27. The molecule has 1 aliphatic rings. The molecule has 2 heterocycles. The number of likely N-dealkylation sites (tertiary alicyclic amines) is 1. The van der Waals surface area contributed by atoms with E-state index in [0.717, 1.165) is 0 Å². The second kappa shape index (κ2) is 5.35. The molecule has 1 N–H and O–H groups in total. The molecule has 0 aromatic carbocycles. The number of hydrogen-bond acceptors (Lipinski definition) is 3. The summed E-state index contributed by atoms with van der Waals surface area (Å²) in [6.45, 7) is 0.799. The number of piperidine rings is 1. The van der Waals surface area contributed by atoms with Crippen molar-refractivity contribution in [2.45, 2.75) is 12.8 Å². The number of hydrogen-bond donors (Lipinski definition) is 1. The monoisotopic (exact) mass is 268 g/mol. The molecule has 1 aromatic rings. The predicted molar refractivity (Wildman–Crippen MR) is 65.5 cm³/mol. The van der Waals surface area contributed by atoms with E-state index in [1.54, 1.807) is 12.1 Å². The smallest absolute Gasteiger partial charge is 0.308 e. The Kier molecular flexibility index (Phi) is 3.81. The molecule has 1 amide bonds. The van der Waals surface area contributed by atoms with Crippen LogP contribution in [0.5, 0.6) is 0 Å². The maximum Gasteiger partial charge on any atom is 0.308 e. The summed E-state index contributed by atoms with van der Waals surface area (Å²) in [5, 5.41) is 9.14. The Labute approximate surface area is 109 Å². The largest absolute Gasteiger partial charge is 0.481 e. The molecule has 5 nitrogen and oxygen atoms in total. The van der Waals surface area contributed by atoms with Crippen molar-refractivity contribution in [2.75, 3.05) is 13.1 Å². The van der Waals surface area contributed by atoms with Crippen LogP contribution in [0.3, 0.4) is 0 Å². The Hall–Kier alpha value is -1.62. The lowest BCUT2D eigenvalue weighted by atomic mass is 9.98. The zero-order valence-corrected chi connectivity index (χ0v) is 10.4. The first-order valence-electron chi connectivity index (χ1n) is 5.72. The standard InChI is InChI=1S/C12H13ClN2O3/c13-10-9(4-1-5-14-10)11(16)15-6-2-3-8(7-15)12(17)18/h1,4-5,8H,2-3,6-7H2,(H,17,18)/t8-/m0/s1. The normalized spacial score (nSPS) is 19.6. The van der Waals surface area contributed by atoms with E-state index in [1.807, 2.05) is 0 Å².